The summed E-state index contributed by atoms with van der Waals surface area (Å²) in [5, 5.41) is 11.5. The number of nitrogens with zero attached hydrogens (tertiary/aromatic N) is 5. The van der Waals surface area contributed by atoms with E-state index in [9.17, 15) is 8.42 Å². The minimum absolute atomic E-state index is 0.432. The van der Waals surface area contributed by atoms with Crippen molar-refractivity contribution < 1.29 is 13.2 Å². The van der Waals surface area contributed by atoms with Gasteiger partial charge in [-0.05, 0) is 72.7 Å². The predicted molar refractivity (Wildman–Crippen MR) is 163 cm³/mol. The second kappa shape index (κ2) is 11.7. The van der Waals surface area contributed by atoms with Crippen LogP contribution in [0.2, 0.25) is 0 Å². The molecule has 10 nitrogen and oxygen atoms in total. The molecule has 0 bridgehead atoms. The molecule has 41 heavy (non-hydrogen) atoms. The number of ether oxygens (including phenoxy) is 1. The van der Waals surface area contributed by atoms with Crippen molar-refractivity contribution in [2.75, 3.05) is 54.5 Å². The van der Waals surface area contributed by atoms with Gasteiger partial charge < -0.3 is 15.4 Å². The summed E-state index contributed by atoms with van der Waals surface area (Å²) in [6.07, 6.45) is 7.60. The van der Waals surface area contributed by atoms with E-state index >= 15 is 0 Å². The molecule has 3 heterocycles. The fraction of sp³-hybridized carbons (Fsp3) is 0.400. The Hall–Kier alpha value is -3.67. The first-order valence-electron chi connectivity index (χ1n) is 14.2. The third-order valence-electron chi connectivity index (χ3n) is 8.18. The highest BCUT2D eigenvalue weighted by molar-refractivity contribution is 7.92. The first kappa shape index (κ1) is 27.5. The second-order valence-corrected chi connectivity index (χ2v) is 12.8. The van der Waals surface area contributed by atoms with E-state index in [1.165, 1.54) is 34.5 Å². The number of morpholine rings is 1. The second-order valence-electron chi connectivity index (χ2n) is 10.8. The van der Waals surface area contributed by atoms with Gasteiger partial charge in [-0.2, -0.15) is 4.98 Å². The van der Waals surface area contributed by atoms with E-state index < -0.39 is 10.0 Å². The number of hydrogen-bond acceptors (Lipinski definition) is 8. The van der Waals surface area contributed by atoms with E-state index in [2.05, 4.69) is 38.8 Å². The summed E-state index contributed by atoms with van der Waals surface area (Å²) in [5.41, 5.74) is 6.81. The number of fused-ring (bicyclic) bond motifs is 2. The molecule has 0 saturated carbocycles. The average Bonchev–Trinajstić information content (AvgIpc) is 3.27. The molecule has 216 valence electrons. The van der Waals surface area contributed by atoms with Crippen molar-refractivity contribution in [2.45, 2.75) is 38.3 Å². The zero-order chi connectivity index (χ0) is 28.4. The smallest absolute Gasteiger partial charge is 0.247 e. The van der Waals surface area contributed by atoms with Crippen LogP contribution in [0.1, 0.15) is 29.5 Å². The molecular formula is C30H37N7O3S. The number of pyridine rings is 1. The number of aromatic nitrogens is 3. The van der Waals surface area contributed by atoms with Crippen LogP contribution < -0.4 is 14.9 Å². The Balaban J connectivity index is 1.16. The lowest BCUT2D eigenvalue weighted by Gasteiger charge is -2.33. The molecule has 11 heteroatoms. The average molecular weight is 576 g/mol. The maximum atomic E-state index is 12.1. The molecule has 1 saturated heterocycles. The minimum Gasteiger partial charge on any atom is -0.379 e. The maximum Gasteiger partial charge on any atom is 0.247 e. The zero-order valence-electron chi connectivity index (χ0n) is 23.6. The number of anilines is 4. The summed E-state index contributed by atoms with van der Waals surface area (Å²) in [6, 6.07) is 18.6. The molecule has 0 amide bonds. The van der Waals surface area contributed by atoms with Crippen molar-refractivity contribution in [1.29, 1.82) is 0 Å². The number of aryl methyl sites for hydroxylation is 2. The van der Waals surface area contributed by atoms with Crippen molar-refractivity contribution in [3.63, 3.8) is 0 Å². The predicted octanol–water partition coefficient (Wildman–Crippen LogP) is 4.06. The van der Waals surface area contributed by atoms with Gasteiger partial charge in [0, 0.05) is 44.6 Å². The van der Waals surface area contributed by atoms with E-state index in [0.717, 1.165) is 56.1 Å². The van der Waals surface area contributed by atoms with Gasteiger partial charge >= 0.3 is 0 Å². The summed E-state index contributed by atoms with van der Waals surface area (Å²) in [7, 11) is -1.81. The highest BCUT2D eigenvalue weighted by atomic mass is 32.2. The molecule has 1 fully saturated rings. The van der Waals surface area contributed by atoms with Gasteiger partial charge in [0.15, 0.2) is 5.65 Å². The molecule has 1 unspecified atom stereocenters. The quantitative estimate of drug-likeness (QED) is 0.303. The van der Waals surface area contributed by atoms with Crippen molar-refractivity contribution >= 4 is 38.7 Å². The van der Waals surface area contributed by atoms with Gasteiger partial charge in [0.2, 0.25) is 16.0 Å². The van der Waals surface area contributed by atoms with E-state index in [1.54, 1.807) is 17.6 Å². The Morgan fingerprint density at radius 1 is 1.02 bits per heavy atom. The minimum atomic E-state index is -3.37. The molecule has 1 aliphatic carbocycles. The van der Waals surface area contributed by atoms with Crippen LogP contribution in [0.15, 0.2) is 60.8 Å². The first-order chi connectivity index (χ1) is 19.8. The maximum absolute atomic E-state index is 12.1. The third kappa shape index (κ3) is 6.17. The molecule has 0 radical (unpaired) electrons. The third-order valence-corrected chi connectivity index (χ3v) is 9.37. The Bertz CT molecular complexity index is 1630. The topological polar surface area (TPSA) is 104 Å². The lowest BCUT2D eigenvalue weighted by Crippen LogP contribution is -2.43. The molecule has 2 aromatic carbocycles. The summed E-state index contributed by atoms with van der Waals surface area (Å²) in [5.74, 6) is 0.524. The Kier molecular flexibility index (Phi) is 7.83. The Morgan fingerprint density at radius 3 is 2.61 bits per heavy atom. The van der Waals surface area contributed by atoms with Crippen molar-refractivity contribution in [3.8, 4) is 0 Å². The van der Waals surface area contributed by atoms with Crippen LogP contribution in [0.3, 0.4) is 0 Å². The van der Waals surface area contributed by atoms with Crippen LogP contribution in [-0.4, -0.2) is 73.6 Å². The number of para-hydroxylation sites is 1. The molecule has 1 aliphatic heterocycles. The Morgan fingerprint density at radius 2 is 1.80 bits per heavy atom. The number of sulfonamides is 1. The lowest BCUT2D eigenvalue weighted by atomic mass is 10.0. The SMILES string of the molecule is CN(c1ccccc1CNc1cccn2nc(Nc3ccc4c(c3)CCC(N3CCOCC3)CC4)nc12)S(C)(=O)=O. The zero-order valence-corrected chi connectivity index (χ0v) is 24.4. The summed E-state index contributed by atoms with van der Waals surface area (Å²) >= 11 is 0. The van der Waals surface area contributed by atoms with Crippen molar-refractivity contribution in [2.24, 2.45) is 0 Å². The Labute approximate surface area is 241 Å². The summed E-state index contributed by atoms with van der Waals surface area (Å²) < 4.78 is 32.9. The van der Waals surface area contributed by atoms with Gasteiger partial charge in [-0.25, -0.2) is 12.9 Å². The molecular weight excluding hydrogens is 538 g/mol. The molecule has 6 rings (SSSR count). The highest BCUT2D eigenvalue weighted by Gasteiger charge is 2.24. The fourth-order valence-electron chi connectivity index (χ4n) is 5.84. The fourth-order valence-corrected chi connectivity index (χ4v) is 6.37. The number of rotatable bonds is 8. The normalized spacial score (nSPS) is 18.0. The van der Waals surface area contributed by atoms with E-state index in [1.807, 2.05) is 36.5 Å². The summed E-state index contributed by atoms with van der Waals surface area (Å²) in [6.45, 7) is 4.19. The van der Waals surface area contributed by atoms with E-state index in [-0.39, 0.29) is 0 Å². The van der Waals surface area contributed by atoms with Crippen molar-refractivity contribution in [1.82, 2.24) is 19.5 Å². The largest absolute Gasteiger partial charge is 0.379 e. The van der Waals surface area contributed by atoms with Gasteiger partial charge in [-0.15, -0.1) is 5.10 Å². The van der Waals surface area contributed by atoms with Crippen LogP contribution in [0.5, 0.6) is 0 Å². The summed E-state index contributed by atoms with van der Waals surface area (Å²) in [4.78, 5) is 7.37. The standard InChI is InChI=1S/C30H37N7O3S/c1-35(41(2,38)39)28-8-4-3-6-24(28)21-31-27-7-5-15-37-29(27)33-30(34-37)32-25-12-9-22-10-13-26(14-11-23(22)20-25)36-16-18-40-19-17-36/h3-9,12,15,20,26,31H,10-11,13-14,16-19,21H2,1-2H3,(H,32,34). The molecule has 2 aliphatic rings. The lowest BCUT2D eigenvalue weighted by molar-refractivity contribution is 0.0136. The first-order valence-corrected chi connectivity index (χ1v) is 16.0. The van der Waals surface area contributed by atoms with E-state index in [0.29, 0.717) is 29.9 Å². The molecule has 1 atom stereocenters. The molecule has 2 aromatic heterocycles. The van der Waals surface area contributed by atoms with Crippen LogP contribution in [0.4, 0.5) is 23.0 Å². The van der Waals surface area contributed by atoms with Gasteiger partial charge in [-0.3, -0.25) is 9.21 Å². The van der Waals surface area contributed by atoms with Crippen LogP contribution in [-0.2, 0) is 34.1 Å². The molecule has 2 N–H and O–H groups in total. The molecule has 4 aromatic rings. The van der Waals surface area contributed by atoms with Crippen molar-refractivity contribution in [3.05, 3.63) is 77.5 Å². The highest BCUT2D eigenvalue weighted by Crippen LogP contribution is 2.28. The van der Waals surface area contributed by atoms with E-state index in [4.69, 9.17) is 9.72 Å². The number of benzene rings is 2. The van der Waals surface area contributed by atoms with Gasteiger partial charge in [-0.1, -0.05) is 24.3 Å². The van der Waals surface area contributed by atoms with Crippen LogP contribution in [0.25, 0.3) is 5.65 Å². The molecule has 0 spiro atoms. The number of hydrogen-bond donors (Lipinski definition) is 2. The van der Waals surface area contributed by atoms with Gasteiger partial charge in [0.1, 0.15) is 0 Å². The van der Waals surface area contributed by atoms with Gasteiger partial charge in [0.25, 0.3) is 0 Å². The van der Waals surface area contributed by atoms with Gasteiger partial charge in [0.05, 0.1) is 30.8 Å². The number of nitrogens with one attached hydrogen (secondary N) is 2. The monoisotopic (exact) mass is 575 g/mol. The van der Waals surface area contributed by atoms with Crippen LogP contribution >= 0.6 is 0 Å². The van der Waals surface area contributed by atoms with Crippen LogP contribution in [0, 0.1) is 0 Å².